The lowest BCUT2D eigenvalue weighted by atomic mass is 9.97. The lowest BCUT2D eigenvalue weighted by Crippen LogP contribution is -2.74. The fraction of sp³-hybridized carbons (Fsp3) is 0.400. The average molecular weight is 612 g/mol. The topological polar surface area (TPSA) is 73.0 Å². The first kappa shape index (κ1) is 25.9. The van der Waals surface area contributed by atoms with Crippen molar-refractivity contribution in [2.24, 2.45) is 0 Å². The molecule has 3 unspecified atom stereocenters. The quantitative estimate of drug-likeness (QED) is 0.492. The lowest BCUT2D eigenvalue weighted by Gasteiger charge is -2.53. The summed E-state index contributed by atoms with van der Waals surface area (Å²) >= 11 is 17.5. The molecular formula is C25H25BrCl2N4O3S. The first-order valence-electron chi connectivity index (χ1n) is 11.7. The molecule has 0 spiro atoms. The van der Waals surface area contributed by atoms with Crippen molar-refractivity contribution >= 4 is 68.8 Å². The third kappa shape index (κ3) is 5.41. The standard InChI is InChI=1S/C25H25BrCl2N4O3S/c1-14(33)29-20-12-31(36-22-9-6-17(27)11-19(22)28)23-13-30(18-7-8-18)25(35)21(32(23)24(20)34)10-15-2-4-16(26)5-3-15/h2-6,9,11,18,20-21,23H,7-8,10,12-13H2,1H3,(H,29,33). The minimum atomic E-state index is -0.773. The highest BCUT2D eigenvalue weighted by atomic mass is 79.9. The maximum absolute atomic E-state index is 13.8. The number of amides is 3. The van der Waals surface area contributed by atoms with E-state index in [4.69, 9.17) is 23.2 Å². The van der Waals surface area contributed by atoms with Crippen molar-refractivity contribution in [3.63, 3.8) is 0 Å². The summed E-state index contributed by atoms with van der Waals surface area (Å²) in [5.74, 6) is -0.572. The Hall–Kier alpha value is -1.78. The molecule has 36 heavy (non-hydrogen) atoms. The van der Waals surface area contributed by atoms with Gasteiger partial charge in [-0.1, -0.05) is 51.3 Å². The lowest BCUT2D eigenvalue weighted by molar-refractivity contribution is -0.167. The molecule has 3 atom stereocenters. The molecule has 0 aromatic heterocycles. The van der Waals surface area contributed by atoms with E-state index < -0.39 is 12.1 Å². The number of carbonyl (C=O) groups is 3. The molecular weight excluding hydrogens is 587 g/mol. The third-order valence-corrected chi connectivity index (χ3v) is 9.02. The van der Waals surface area contributed by atoms with Crippen LogP contribution in [0.3, 0.4) is 0 Å². The van der Waals surface area contributed by atoms with Crippen molar-refractivity contribution in [1.82, 2.24) is 19.4 Å². The highest BCUT2D eigenvalue weighted by Gasteiger charge is 2.53. The molecule has 0 radical (unpaired) electrons. The van der Waals surface area contributed by atoms with Crippen LogP contribution in [0.25, 0.3) is 0 Å². The van der Waals surface area contributed by atoms with Crippen molar-refractivity contribution in [3.8, 4) is 0 Å². The number of halogens is 3. The summed E-state index contributed by atoms with van der Waals surface area (Å²) in [5, 5.41) is 3.83. The van der Waals surface area contributed by atoms with Gasteiger partial charge in [0.2, 0.25) is 17.7 Å². The second-order valence-electron chi connectivity index (χ2n) is 9.31. The minimum absolute atomic E-state index is 0.0389. The van der Waals surface area contributed by atoms with Gasteiger partial charge in [-0.3, -0.25) is 14.4 Å². The number of benzene rings is 2. The Kier molecular flexibility index (Phi) is 7.56. The maximum atomic E-state index is 13.8. The Labute approximate surface area is 232 Å². The number of carbonyl (C=O) groups excluding carboxylic acids is 3. The first-order valence-corrected chi connectivity index (χ1v) is 14.1. The number of piperazine rings is 1. The summed E-state index contributed by atoms with van der Waals surface area (Å²) in [5.41, 5.74) is 0.961. The van der Waals surface area contributed by atoms with Crippen LogP contribution in [-0.2, 0) is 20.8 Å². The summed E-state index contributed by atoms with van der Waals surface area (Å²) < 4.78 is 3.01. The van der Waals surface area contributed by atoms with Gasteiger partial charge in [0.25, 0.3) is 0 Å². The van der Waals surface area contributed by atoms with Crippen LogP contribution in [-0.4, -0.2) is 69.2 Å². The Balaban J connectivity index is 1.52. The molecule has 2 aromatic rings. The highest BCUT2D eigenvalue weighted by molar-refractivity contribution is 9.10. The van der Waals surface area contributed by atoms with Gasteiger partial charge in [0.15, 0.2) is 0 Å². The van der Waals surface area contributed by atoms with Gasteiger partial charge < -0.3 is 15.1 Å². The first-order chi connectivity index (χ1) is 17.2. The molecule has 7 nitrogen and oxygen atoms in total. The van der Waals surface area contributed by atoms with E-state index in [-0.39, 0.29) is 29.9 Å². The molecule has 5 rings (SSSR count). The zero-order valence-electron chi connectivity index (χ0n) is 19.5. The van der Waals surface area contributed by atoms with E-state index in [1.54, 1.807) is 17.0 Å². The highest BCUT2D eigenvalue weighted by Crippen LogP contribution is 2.40. The maximum Gasteiger partial charge on any atom is 0.248 e. The van der Waals surface area contributed by atoms with Crippen molar-refractivity contribution in [1.29, 1.82) is 0 Å². The molecule has 3 fully saturated rings. The van der Waals surface area contributed by atoms with Crippen LogP contribution in [0.1, 0.15) is 25.3 Å². The summed E-state index contributed by atoms with van der Waals surface area (Å²) in [6.45, 7) is 2.10. The molecule has 2 saturated heterocycles. The molecule has 1 saturated carbocycles. The average Bonchev–Trinajstić information content (AvgIpc) is 3.66. The zero-order chi connectivity index (χ0) is 25.6. The molecule has 11 heteroatoms. The van der Waals surface area contributed by atoms with Crippen LogP contribution in [0.2, 0.25) is 10.0 Å². The predicted octanol–water partition coefficient (Wildman–Crippen LogP) is 4.35. The third-order valence-electron chi connectivity index (χ3n) is 6.65. The Morgan fingerprint density at radius 2 is 1.81 bits per heavy atom. The van der Waals surface area contributed by atoms with Gasteiger partial charge in [0.1, 0.15) is 18.2 Å². The molecule has 0 bridgehead atoms. The van der Waals surface area contributed by atoms with Crippen LogP contribution < -0.4 is 5.32 Å². The minimum Gasteiger partial charge on any atom is -0.343 e. The number of nitrogens with one attached hydrogen (secondary N) is 1. The van der Waals surface area contributed by atoms with Gasteiger partial charge in [0.05, 0.1) is 11.6 Å². The van der Waals surface area contributed by atoms with Gasteiger partial charge >= 0.3 is 0 Å². The van der Waals surface area contributed by atoms with Crippen molar-refractivity contribution in [2.75, 3.05) is 13.1 Å². The number of fused-ring (bicyclic) bond motifs is 1. The second-order valence-corrected chi connectivity index (χ2v) is 12.2. The van der Waals surface area contributed by atoms with Crippen LogP contribution in [0.15, 0.2) is 51.8 Å². The molecule has 1 N–H and O–H groups in total. The monoisotopic (exact) mass is 610 g/mol. The van der Waals surface area contributed by atoms with Crippen LogP contribution in [0.4, 0.5) is 0 Å². The molecule has 2 aliphatic heterocycles. The molecule has 3 amide bonds. The molecule has 190 valence electrons. The van der Waals surface area contributed by atoms with E-state index in [2.05, 4.69) is 25.6 Å². The number of hydrogen-bond donors (Lipinski definition) is 1. The fourth-order valence-corrected chi connectivity index (χ4v) is 6.65. The molecule has 1 aliphatic carbocycles. The van der Waals surface area contributed by atoms with Crippen molar-refractivity contribution < 1.29 is 14.4 Å². The largest absolute Gasteiger partial charge is 0.343 e. The fourth-order valence-electron chi connectivity index (χ4n) is 4.83. The van der Waals surface area contributed by atoms with E-state index in [9.17, 15) is 14.4 Å². The van der Waals surface area contributed by atoms with Crippen LogP contribution in [0.5, 0.6) is 0 Å². The summed E-state index contributed by atoms with van der Waals surface area (Å²) in [4.78, 5) is 43.9. The Morgan fingerprint density at radius 3 is 2.44 bits per heavy atom. The predicted molar refractivity (Wildman–Crippen MR) is 144 cm³/mol. The van der Waals surface area contributed by atoms with Crippen LogP contribution >= 0.6 is 51.1 Å². The van der Waals surface area contributed by atoms with Gasteiger partial charge in [-0.25, -0.2) is 4.31 Å². The van der Waals surface area contributed by atoms with E-state index in [1.807, 2.05) is 35.2 Å². The molecule has 2 aromatic carbocycles. The number of hydrogen-bond acceptors (Lipinski definition) is 5. The van der Waals surface area contributed by atoms with E-state index in [1.165, 1.54) is 18.9 Å². The van der Waals surface area contributed by atoms with E-state index >= 15 is 0 Å². The van der Waals surface area contributed by atoms with Gasteiger partial charge in [-0.05, 0) is 60.7 Å². The van der Waals surface area contributed by atoms with Gasteiger partial charge in [0, 0.05) is 40.3 Å². The molecule has 3 aliphatic rings. The number of rotatable bonds is 6. The van der Waals surface area contributed by atoms with Crippen molar-refractivity contribution in [3.05, 3.63) is 62.5 Å². The zero-order valence-corrected chi connectivity index (χ0v) is 23.4. The normalized spacial score (nSPS) is 24.6. The van der Waals surface area contributed by atoms with E-state index in [0.717, 1.165) is 27.8 Å². The summed E-state index contributed by atoms with van der Waals surface area (Å²) in [6.07, 6.45) is 1.98. The number of nitrogens with zero attached hydrogens (tertiary/aromatic N) is 3. The summed E-state index contributed by atoms with van der Waals surface area (Å²) in [7, 11) is 0. The molecule has 2 heterocycles. The smallest absolute Gasteiger partial charge is 0.248 e. The second kappa shape index (κ2) is 10.5. The Bertz CT molecular complexity index is 1200. The van der Waals surface area contributed by atoms with Gasteiger partial charge in [-0.2, -0.15) is 0 Å². The van der Waals surface area contributed by atoms with E-state index in [0.29, 0.717) is 29.6 Å². The van der Waals surface area contributed by atoms with Gasteiger partial charge in [-0.15, -0.1) is 0 Å². The van der Waals surface area contributed by atoms with Crippen molar-refractivity contribution in [2.45, 2.75) is 55.4 Å². The Morgan fingerprint density at radius 1 is 1.08 bits per heavy atom. The van der Waals surface area contributed by atoms with Crippen LogP contribution in [0, 0.1) is 0 Å². The summed E-state index contributed by atoms with van der Waals surface area (Å²) in [6, 6.07) is 11.8. The SMILES string of the molecule is CC(=O)NC1CN(Sc2ccc(Cl)cc2Cl)C2CN(C3CC3)C(=O)C(Cc3ccc(Br)cc3)N2C1=O.